The number of para-hydroxylation sites is 1. The fourth-order valence-electron chi connectivity index (χ4n) is 5.05. The summed E-state index contributed by atoms with van der Waals surface area (Å²) >= 11 is 0. The Hall–Kier alpha value is -2.31. The number of benzene rings is 2. The number of hydrogen-bond donors (Lipinski definition) is 2. The van der Waals surface area contributed by atoms with E-state index in [1.54, 1.807) is 25.2 Å². The van der Waals surface area contributed by atoms with Gasteiger partial charge in [0, 0.05) is 6.54 Å². The first-order valence-corrected chi connectivity index (χ1v) is 10.2. The van der Waals surface area contributed by atoms with E-state index >= 15 is 4.39 Å². The molecule has 1 saturated carbocycles. The average Bonchev–Trinajstić information content (AvgIpc) is 2.93. The Labute approximate surface area is 169 Å². The molecule has 0 saturated heterocycles. The van der Waals surface area contributed by atoms with Crippen molar-refractivity contribution in [1.82, 2.24) is 5.32 Å². The van der Waals surface area contributed by atoms with E-state index < -0.39 is 29.2 Å². The second-order valence-electron chi connectivity index (χ2n) is 8.08. The van der Waals surface area contributed by atoms with Crippen molar-refractivity contribution in [3.8, 4) is 0 Å². The fraction of sp³-hybridized carbons (Fsp3) is 0.435. The second kappa shape index (κ2) is 7.84. The van der Waals surface area contributed by atoms with Crippen LogP contribution in [0.25, 0.3) is 0 Å². The highest BCUT2D eigenvalue weighted by atomic mass is 19.1. The maximum absolute atomic E-state index is 15.1. The van der Waals surface area contributed by atoms with E-state index in [2.05, 4.69) is 5.32 Å². The molecule has 1 fully saturated rings. The molecule has 29 heavy (non-hydrogen) atoms. The average molecular weight is 400 g/mol. The highest BCUT2D eigenvalue weighted by Gasteiger charge is 2.54. The molecule has 4 rings (SSSR count). The third-order valence-electron chi connectivity index (χ3n) is 6.32. The van der Waals surface area contributed by atoms with Crippen molar-refractivity contribution >= 4 is 11.6 Å². The van der Waals surface area contributed by atoms with E-state index in [9.17, 15) is 14.3 Å². The van der Waals surface area contributed by atoms with Crippen LogP contribution < -0.4 is 10.2 Å². The van der Waals surface area contributed by atoms with Crippen LogP contribution in [0.2, 0.25) is 0 Å². The van der Waals surface area contributed by atoms with Crippen molar-refractivity contribution in [3.05, 3.63) is 65.2 Å². The van der Waals surface area contributed by atoms with Crippen LogP contribution in [-0.2, 0) is 10.2 Å². The number of hydrogen-bond acceptors (Lipinski definition) is 3. The van der Waals surface area contributed by atoms with Crippen molar-refractivity contribution in [2.45, 2.75) is 49.7 Å². The molecule has 2 aromatic carbocycles. The SMILES string of the molecule is CNCC(O)C(c1cccc(F)c1)N1C(=O)C2(CCCCC2)c2cccc(F)c21. The van der Waals surface area contributed by atoms with Crippen LogP contribution in [0.15, 0.2) is 42.5 Å². The summed E-state index contributed by atoms with van der Waals surface area (Å²) in [6, 6.07) is 9.76. The van der Waals surface area contributed by atoms with E-state index in [-0.39, 0.29) is 18.1 Å². The smallest absolute Gasteiger partial charge is 0.238 e. The summed E-state index contributed by atoms with van der Waals surface area (Å²) in [5, 5.41) is 13.8. The summed E-state index contributed by atoms with van der Waals surface area (Å²) in [5.74, 6) is -1.14. The highest BCUT2D eigenvalue weighted by Crippen LogP contribution is 2.53. The summed E-state index contributed by atoms with van der Waals surface area (Å²) in [6.45, 7) is 0.182. The van der Waals surface area contributed by atoms with Crippen molar-refractivity contribution in [1.29, 1.82) is 0 Å². The molecule has 0 radical (unpaired) electrons. The Bertz CT molecular complexity index is 912. The van der Waals surface area contributed by atoms with Crippen molar-refractivity contribution in [3.63, 3.8) is 0 Å². The van der Waals surface area contributed by atoms with Gasteiger partial charge in [0.05, 0.1) is 23.2 Å². The molecule has 1 amide bonds. The lowest BCUT2D eigenvalue weighted by Crippen LogP contribution is -2.48. The summed E-state index contributed by atoms with van der Waals surface area (Å²) in [6.07, 6.45) is 3.15. The van der Waals surface area contributed by atoms with E-state index in [4.69, 9.17) is 0 Å². The third-order valence-corrected chi connectivity index (χ3v) is 6.32. The molecule has 1 spiro atoms. The van der Waals surface area contributed by atoms with Crippen LogP contribution in [0.3, 0.4) is 0 Å². The van der Waals surface area contributed by atoms with E-state index in [1.807, 2.05) is 6.07 Å². The molecule has 2 aliphatic rings. The van der Waals surface area contributed by atoms with Gasteiger partial charge in [-0.25, -0.2) is 8.78 Å². The highest BCUT2D eigenvalue weighted by molar-refractivity contribution is 6.09. The number of likely N-dealkylation sites (N-methyl/N-ethyl adjacent to an activating group) is 1. The summed E-state index contributed by atoms with van der Waals surface area (Å²) in [7, 11) is 1.69. The monoisotopic (exact) mass is 400 g/mol. The van der Waals surface area contributed by atoms with Gasteiger partial charge in [0.15, 0.2) is 0 Å². The number of carbonyl (C=O) groups excluding carboxylic acids is 1. The zero-order valence-corrected chi connectivity index (χ0v) is 16.5. The standard InChI is InChI=1S/C23H26F2N2O2/c1-26-14-19(28)20(15-7-5-8-16(24)13-15)27-21-17(9-6-10-18(21)25)23(22(27)29)11-3-2-4-12-23/h5-10,13,19-20,26,28H,2-4,11-12,14H2,1H3. The molecule has 4 nitrogen and oxygen atoms in total. The lowest BCUT2D eigenvalue weighted by molar-refractivity contribution is -0.125. The minimum absolute atomic E-state index is 0.182. The molecule has 2 aromatic rings. The van der Waals surface area contributed by atoms with Crippen molar-refractivity contribution < 1.29 is 18.7 Å². The van der Waals surface area contributed by atoms with Gasteiger partial charge in [0.2, 0.25) is 5.91 Å². The molecular formula is C23H26F2N2O2. The quantitative estimate of drug-likeness (QED) is 0.802. The first kappa shape index (κ1) is 20.0. The van der Waals surface area contributed by atoms with Crippen molar-refractivity contribution in [2.24, 2.45) is 0 Å². The lowest BCUT2D eigenvalue weighted by atomic mass is 9.70. The Morgan fingerprint density at radius 3 is 2.55 bits per heavy atom. The Kier molecular flexibility index (Phi) is 5.40. The van der Waals surface area contributed by atoms with Crippen LogP contribution in [0.4, 0.5) is 14.5 Å². The number of nitrogens with one attached hydrogen (secondary N) is 1. The summed E-state index contributed by atoms with van der Waals surface area (Å²) < 4.78 is 29.1. The van der Waals surface area contributed by atoms with Gasteiger partial charge >= 0.3 is 0 Å². The summed E-state index contributed by atoms with van der Waals surface area (Å²) in [4.78, 5) is 15.2. The molecule has 2 N–H and O–H groups in total. The predicted octanol–water partition coefficient (Wildman–Crippen LogP) is 3.83. The Morgan fingerprint density at radius 1 is 1.14 bits per heavy atom. The van der Waals surface area contributed by atoms with Gasteiger partial charge in [0.25, 0.3) is 0 Å². The minimum atomic E-state index is -1.03. The lowest BCUT2D eigenvalue weighted by Gasteiger charge is -2.36. The maximum atomic E-state index is 15.1. The zero-order chi connectivity index (χ0) is 20.6. The number of rotatable bonds is 5. The molecule has 2 unspecified atom stereocenters. The number of fused-ring (bicyclic) bond motifs is 2. The number of carbonyl (C=O) groups is 1. The van der Waals surface area contributed by atoms with Crippen LogP contribution in [-0.4, -0.2) is 30.7 Å². The predicted molar refractivity (Wildman–Crippen MR) is 108 cm³/mol. The zero-order valence-electron chi connectivity index (χ0n) is 16.5. The van der Waals surface area contributed by atoms with Crippen LogP contribution in [0.5, 0.6) is 0 Å². The molecule has 154 valence electrons. The summed E-state index contributed by atoms with van der Waals surface area (Å²) in [5.41, 5.74) is 0.605. The molecular weight excluding hydrogens is 374 g/mol. The van der Waals surface area contributed by atoms with Gasteiger partial charge in [-0.2, -0.15) is 0 Å². The Balaban J connectivity index is 1.90. The number of aliphatic hydroxyl groups is 1. The number of anilines is 1. The molecule has 1 heterocycles. The first-order valence-electron chi connectivity index (χ1n) is 10.2. The molecule has 6 heteroatoms. The van der Waals surface area contributed by atoms with Crippen LogP contribution in [0.1, 0.15) is 49.3 Å². The normalized spacial score (nSPS) is 20.0. The molecule has 1 aliphatic carbocycles. The van der Waals surface area contributed by atoms with Gasteiger partial charge < -0.3 is 10.4 Å². The Morgan fingerprint density at radius 2 is 1.86 bits per heavy atom. The first-order chi connectivity index (χ1) is 14.0. The van der Waals surface area contributed by atoms with Gasteiger partial charge in [-0.05, 0) is 49.2 Å². The van der Waals surface area contributed by atoms with Crippen LogP contribution >= 0.6 is 0 Å². The number of halogens is 2. The minimum Gasteiger partial charge on any atom is -0.389 e. The molecule has 0 bridgehead atoms. The van der Waals surface area contributed by atoms with Crippen molar-refractivity contribution in [2.75, 3.05) is 18.5 Å². The largest absolute Gasteiger partial charge is 0.389 e. The van der Waals surface area contributed by atoms with Crippen LogP contribution in [0, 0.1) is 11.6 Å². The van der Waals surface area contributed by atoms with E-state index in [0.29, 0.717) is 24.0 Å². The van der Waals surface area contributed by atoms with Gasteiger partial charge in [-0.3, -0.25) is 9.69 Å². The second-order valence-corrected chi connectivity index (χ2v) is 8.08. The van der Waals surface area contributed by atoms with E-state index in [1.165, 1.54) is 23.1 Å². The van der Waals surface area contributed by atoms with Gasteiger partial charge in [-0.1, -0.05) is 43.5 Å². The topological polar surface area (TPSA) is 52.6 Å². The molecule has 0 aromatic heterocycles. The third kappa shape index (κ3) is 3.24. The maximum Gasteiger partial charge on any atom is 0.238 e. The molecule has 1 aliphatic heterocycles. The molecule has 2 atom stereocenters. The number of amides is 1. The van der Waals surface area contributed by atoms with Gasteiger partial charge in [0.1, 0.15) is 11.6 Å². The van der Waals surface area contributed by atoms with Gasteiger partial charge in [-0.15, -0.1) is 0 Å². The number of nitrogens with zero attached hydrogens (tertiary/aromatic N) is 1. The fourth-order valence-corrected chi connectivity index (χ4v) is 5.05. The van der Waals surface area contributed by atoms with E-state index in [0.717, 1.165) is 19.3 Å². The number of aliphatic hydroxyl groups excluding tert-OH is 1.